The highest BCUT2D eigenvalue weighted by Gasteiger charge is 2.44. The summed E-state index contributed by atoms with van der Waals surface area (Å²) < 4.78 is 47.4. The zero-order chi connectivity index (χ0) is 22.4. The predicted octanol–water partition coefficient (Wildman–Crippen LogP) is 2.37. The molecule has 0 unspecified atom stereocenters. The Morgan fingerprint density at radius 1 is 0.968 bits per heavy atom. The van der Waals surface area contributed by atoms with Crippen molar-refractivity contribution in [2.45, 2.75) is 35.5 Å². The van der Waals surface area contributed by atoms with Gasteiger partial charge < -0.3 is 10.2 Å². The number of hydrogen-bond acceptors (Lipinski definition) is 6. The van der Waals surface area contributed by atoms with E-state index in [9.17, 15) is 21.6 Å². The van der Waals surface area contributed by atoms with Crippen LogP contribution >= 0.6 is 0 Å². The van der Waals surface area contributed by atoms with Crippen molar-refractivity contribution in [2.75, 3.05) is 29.6 Å². The van der Waals surface area contributed by atoms with Gasteiger partial charge in [-0.2, -0.15) is 0 Å². The maximum atomic E-state index is 13.1. The van der Waals surface area contributed by atoms with Crippen molar-refractivity contribution in [1.29, 1.82) is 0 Å². The fourth-order valence-electron chi connectivity index (χ4n) is 4.04. The first kappa shape index (κ1) is 21.8. The van der Waals surface area contributed by atoms with E-state index in [0.717, 1.165) is 32.2 Å². The quantitative estimate of drug-likeness (QED) is 0.701. The number of amides is 1. The molecule has 1 saturated heterocycles. The van der Waals surface area contributed by atoms with Crippen LogP contribution in [-0.2, 0) is 19.9 Å². The first-order valence-electron chi connectivity index (χ1n) is 10.0. The number of sulfonamides is 1. The Labute approximate surface area is 182 Å². The van der Waals surface area contributed by atoms with Crippen molar-refractivity contribution < 1.29 is 21.6 Å². The third kappa shape index (κ3) is 4.76. The molecule has 1 spiro atoms. The minimum Gasteiger partial charge on any atom is -0.371 e. The first-order valence-corrected chi connectivity index (χ1v) is 13.4. The minimum absolute atomic E-state index is 0.0511. The van der Waals surface area contributed by atoms with Crippen LogP contribution in [0.2, 0.25) is 0 Å². The van der Waals surface area contributed by atoms with Crippen LogP contribution in [0.4, 0.5) is 11.4 Å². The molecule has 166 valence electrons. The first-order chi connectivity index (χ1) is 14.5. The van der Waals surface area contributed by atoms with E-state index in [1.807, 2.05) is 4.90 Å². The van der Waals surface area contributed by atoms with Gasteiger partial charge in [0.05, 0.1) is 21.0 Å². The summed E-state index contributed by atoms with van der Waals surface area (Å²) in [7, 11) is -7.34. The molecule has 31 heavy (non-hydrogen) atoms. The van der Waals surface area contributed by atoms with Crippen molar-refractivity contribution in [2.24, 2.45) is 10.6 Å². The maximum absolute atomic E-state index is 13.1. The summed E-state index contributed by atoms with van der Waals surface area (Å²) in [6.45, 7) is 1.47. The van der Waals surface area contributed by atoms with Crippen LogP contribution in [0.5, 0.6) is 0 Å². The van der Waals surface area contributed by atoms with Gasteiger partial charge in [-0.1, -0.05) is 6.07 Å². The summed E-state index contributed by atoms with van der Waals surface area (Å²) in [6, 6.07) is 10.2. The van der Waals surface area contributed by atoms with Crippen LogP contribution in [0, 0.1) is 5.41 Å². The second-order valence-corrected chi connectivity index (χ2v) is 12.0. The van der Waals surface area contributed by atoms with Gasteiger partial charge in [0.25, 0.3) is 5.91 Å². The molecule has 2 aliphatic rings. The molecule has 0 radical (unpaired) electrons. The lowest BCUT2D eigenvalue weighted by atomic mass is 9.93. The van der Waals surface area contributed by atoms with E-state index in [0.29, 0.717) is 22.4 Å². The normalized spacial score (nSPS) is 18.1. The van der Waals surface area contributed by atoms with Gasteiger partial charge in [0.2, 0.25) is 10.0 Å². The van der Waals surface area contributed by atoms with Crippen LogP contribution in [0.15, 0.2) is 52.3 Å². The fourth-order valence-corrected chi connectivity index (χ4v) is 5.24. The number of rotatable bonds is 5. The monoisotopic (exact) mass is 463 g/mol. The Morgan fingerprint density at radius 3 is 2.23 bits per heavy atom. The van der Waals surface area contributed by atoms with Crippen molar-refractivity contribution in [3.63, 3.8) is 0 Å². The zero-order valence-corrected chi connectivity index (χ0v) is 18.8. The van der Waals surface area contributed by atoms with Gasteiger partial charge in [0.1, 0.15) is 0 Å². The van der Waals surface area contributed by atoms with Gasteiger partial charge in [0.15, 0.2) is 9.84 Å². The average Bonchev–Trinajstić information content (AvgIpc) is 3.46. The van der Waals surface area contributed by atoms with E-state index in [-0.39, 0.29) is 9.79 Å². The summed E-state index contributed by atoms with van der Waals surface area (Å²) in [4.78, 5) is 15.1. The molecule has 10 heteroatoms. The zero-order valence-electron chi connectivity index (χ0n) is 17.2. The predicted molar refractivity (Wildman–Crippen MR) is 118 cm³/mol. The lowest BCUT2D eigenvalue weighted by Gasteiger charge is -2.35. The van der Waals surface area contributed by atoms with Crippen LogP contribution < -0.4 is 15.4 Å². The van der Waals surface area contributed by atoms with E-state index < -0.39 is 25.8 Å². The Kier molecular flexibility index (Phi) is 5.35. The number of piperidine rings is 1. The standard InChI is InChI=1S/C21H25N3O5S2/c1-30(26,27)16-4-2-3-15(13-16)23-20(25)18-6-5-17(31(22,28)29)14-19(18)24-11-9-21(7-8-21)10-12-24/h2-6,13-14H,7-12H2,1H3,(H,23,25)(H2,22,28,29). The number of carbonyl (C=O) groups excluding carboxylic acids is 1. The molecular weight excluding hydrogens is 438 g/mol. The fraction of sp³-hybridized carbons (Fsp3) is 0.381. The van der Waals surface area contributed by atoms with Gasteiger partial charge in [-0.15, -0.1) is 0 Å². The highest BCUT2D eigenvalue weighted by molar-refractivity contribution is 7.90. The van der Waals surface area contributed by atoms with Crippen molar-refractivity contribution >= 4 is 37.1 Å². The number of anilines is 2. The average molecular weight is 464 g/mol. The minimum atomic E-state index is -3.92. The molecule has 3 N–H and O–H groups in total. The summed E-state index contributed by atoms with van der Waals surface area (Å²) >= 11 is 0. The number of sulfone groups is 1. The summed E-state index contributed by atoms with van der Waals surface area (Å²) in [5.41, 5.74) is 1.58. The molecule has 2 aromatic rings. The Bertz CT molecular complexity index is 1240. The van der Waals surface area contributed by atoms with Gasteiger partial charge >= 0.3 is 0 Å². The van der Waals surface area contributed by atoms with E-state index in [2.05, 4.69) is 5.32 Å². The lowest BCUT2D eigenvalue weighted by molar-refractivity contribution is 0.102. The van der Waals surface area contributed by atoms with Crippen molar-refractivity contribution in [1.82, 2.24) is 0 Å². The number of hydrogen-bond donors (Lipinski definition) is 2. The van der Waals surface area contributed by atoms with Crippen molar-refractivity contribution in [3.8, 4) is 0 Å². The summed E-state index contributed by atoms with van der Waals surface area (Å²) in [5, 5.41) is 8.04. The van der Waals surface area contributed by atoms with Crippen LogP contribution in [0.25, 0.3) is 0 Å². The van der Waals surface area contributed by atoms with E-state index in [1.54, 1.807) is 12.1 Å². The third-order valence-electron chi connectivity index (χ3n) is 6.18. The second-order valence-electron chi connectivity index (χ2n) is 8.47. The molecule has 0 atom stereocenters. The molecule has 1 amide bonds. The number of nitrogens with one attached hydrogen (secondary N) is 1. The smallest absolute Gasteiger partial charge is 0.257 e. The third-order valence-corrected chi connectivity index (χ3v) is 8.21. The molecule has 1 saturated carbocycles. The number of nitrogens with zero attached hydrogens (tertiary/aromatic N) is 1. The number of primary sulfonamides is 1. The number of carbonyl (C=O) groups is 1. The molecule has 0 bridgehead atoms. The number of nitrogens with two attached hydrogens (primary N) is 1. The summed E-state index contributed by atoms with van der Waals surface area (Å²) in [6.07, 6.45) is 5.55. The molecule has 1 aliphatic heterocycles. The van der Waals surface area contributed by atoms with E-state index in [1.165, 1.54) is 43.2 Å². The van der Waals surface area contributed by atoms with Crippen LogP contribution in [-0.4, -0.2) is 42.1 Å². The lowest BCUT2D eigenvalue weighted by Crippen LogP contribution is -2.36. The second kappa shape index (κ2) is 7.61. The SMILES string of the molecule is CS(=O)(=O)c1cccc(NC(=O)c2ccc(S(N)(=O)=O)cc2N2CCC3(CC2)CC3)c1. The Morgan fingerprint density at radius 2 is 1.65 bits per heavy atom. The van der Waals surface area contributed by atoms with E-state index >= 15 is 0 Å². The van der Waals surface area contributed by atoms with Gasteiger partial charge in [-0.25, -0.2) is 22.0 Å². The van der Waals surface area contributed by atoms with Crippen LogP contribution in [0.3, 0.4) is 0 Å². The Balaban J connectivity index is 1.66. The molecule has 8 nitrogen and oxygen atoms in total. The molecular formula is C21H25N3O5S2. The molecule has 1 heterocycles. The van der Waals surface area contributed by atoms with Gasteiger partial charge in [-0.3, -0.25) is 4.79 Å². The number of benzene rings is 2. The Hall–Kier alpha value is -2.43. The molecule has 1 aliphatic carbocycles. The van der Waals surface area contributed by atoms with Crippen molar-refractivity contribution in [3.05, 3.63) is 48.0 Å². The van der Waals surface area contributed by atoms with Gasteiger partial charge in [0, 0.05) is 25.0 Å². The largest absolute Gasteiger partial charge is 0.371 e. The summed E-state index contributed by atoms with van der Waals surface area (Å²) in [5.74, 6) is -0.451. The molecule has 4 rings (SSSR count). The highest BCUT2D eigenvalue weighted by Crippen LogP contribution is 2.54. The maximum Gasteiger partial charge on any atom is 0.257 e. The topological polar surface area (TPSA) is 127 Å². The highest BCUT2D eigenvalue weighted by atomic mass is 32.2. The van der Waals surface area contributed by atoms with Crippen LogP contribution in [0.1, 0.15) is 36.0 Å². The van der Waals surface area contributed by atoms with E-state index in [4.69, 9.17) is 5.14 Å². The van der Waals surface area contributed by atoms with Gasteiger partial charge in [-0.05, 0) is 67.5 Å². The molecule has 0 aromatic heterocycles. The molecule has 2 fully saturated rings. The molecule has 2 aromatic carbocycles.